The average Bonchev–Trinajstić information content (AvgIpc) is 1.67. The maximum Gasteiger partial charge on any atom is 0.268 e. The van der Waals surface area contributed by atoms with Gasteiger partial charge in [-0.05, 0) is 113 Å². The number of hydroxylamine groups is 4. The summed E-state index contributed by atoms with van der Waals surface area (Å²) in [5.41, 5.74) is 1.31. The number of hydrogen-bond acceptors (Lipinski definition) is 16. The zero-order valence-corrected chi connectivity index (χ0v) is 57.2. The molecule has 1 saturated carbocycles. The van der Waals surface area contributed by atoms with Crippen molar-refractivity contribution in [2.75, 3.05) is 32.8 Å². The van der Waals surface area contributed by atoms with E-state index < -0.39 is 84.2 Å². The van der Waals surface area contributed by atoms with Crippen molar-refractivity contribution in [3.05, 3.63) is 102 Å². The van der Waals surface area contributed by atoms with Crippen molar-refractivity contribution in [2.24, 2.45) is 28.7 Å². The molecule has 2 bridgehead atoms. The van der Waals surface area contributed by atoms with Gasteiger partial charge < -0.3 is 45.3 Å². The number of unbranched alkanes of at least 4 members (excludes halogenated alkanes) is 13. The number of fused-ring (bicyclic) bond motifs is 2. The van der Waals surface area contributed by atoms with Gasteiger partial charge in [0, 0.05) is 50.7 Å². The number of phenolic OH excluding ortho intramolecular Hbond substituents is 1. The van der Waals surface area contributed by atoms with Crippen molar-refractivity contribution in [3.63, 3.8) is 0 Å². The predicted molar refractivity (Wildman–Crippen MR) is 359 cm³/mol. The molecule has 96 heavy (non-hydrogen) atoms. The summed E-state index contributed by atoms with van der Waals surface area (Å²) in [4.78, 5) is 115. The molecule has 1 spiro atoms. The van der Waals surface area contributed by atoms with E-state index in [0.29, 0.717) is 63.0 Å². The summed E-state index contributed by atoms with van der Waals surface area (Å²) in [6.45, 7) is 8.89. The molecule has 6 heterocycles. The Kier molecular flexibility index (Phi) is 28.7. The van der Waals surface area contributed by atoms with Crippen LogP contribution in [0.1, 0.15) is 211 Å². The van der Waals surface area contributed by atoms with Crippen molar-refractivity contribution in [1.29, 1.82) is 0 Å². The van der Waals surface area contributed by atoms with Crippen molar-refractivity contribution in [3.8, 4) is 5.75 Å². The van der Waals surface area contributed by atoms with Crippen LogP contribution in [-0.4, -0.2) is 138 Å². The van der Waals surface area contributed by atoms with E-state index in [1.165, 1.54) is 74.0 Å². The van der Waals surface area contributed by atoms with E-state index in [1.807, 2.05) is 67.6 Å². The molecule has 0 radical (unpaired) electrons. The molecule has 5 N–H and O–H groups in total. The molecular weight excluding hydrogens is 1230 g/mol. The highest BCUT2D eigenvalue weighted by atomic mass is 17.3. The Morgan fingerprint density at radius 3 is 2.14 bits per heavy atom. The highest BCUT2D eigenvalue weighted by Crippen LogP contribution is 2.60. The molecule has 6 amide bonds. The number of aromatic hydroxyl groups is 1. The molecule has 6 fully saturated rings. The topological polar surface area (TPSA) is 263 Å². The standard InChI is InChI=1S/C74H107N7O15/c1-5-6-7-8-9-10-11-12-13-14-15-16-23-40-65(84)80(91-49-54-31-19-17-20-32-54)45-28-26-36-59(77-68(87)62-51-90-69(79-62)56-35-24-25-38-63(56)82)66(85)75-48-61(67(86)78-60-37-27-29-46-81(70(60)88)92-50-55-33-21-18-22-34-55)76-64(83)39-30-47-89-71-53(3)58-42-41-52(2)57-43-44-73(4)94-72(93-71)74(57,58)96-95-73/h17-22,24-25,31-35,38,52-53,57-62,71-72,82H,5-16,23,26-30,36-37,39-51H2,1-4H3,(H,75,85)(H,76,83)(H,77,87)(H,78,86)/t52-,53-,57+,58+,59+,60+,61+,62+,71?,72-,73-,74-/m1/s1. The largest absolute Gasteiger partial charge is 0.507 e. The van der Waals surface area contributed by atoms with Gasteiger partial charge in [-0.25, -0.2) is 24.9 Å². The highest BCUT2D eigenvalue weighted by molar-refractivity contribution is 6.01. The number of nitrogens with one attached hydrogen (secondary N) is 4. The van der Waals surface area contributed by atoms with Crippen molar-refractivity contribution in [2.45, 2.75) is 256 Å². The number of aliphatic imine (C=N–C) groups is 1. The molecule has 1 aliphatic carbocycles. The first-order valence-electron chi connectivity index (χ1n) is 36.1. The number of carbonyl (C=O) groups is 6. The van der Waals surface area contributed by atoms with Gasteiger partial charge in [-0.2, -0.15) is 0 Å². The van der Waals surface area contributed by atoms with Crippen LogP contribution in [0.25, 0.3) is 0 Å². The van der Waals surface area contributed by atoms with E-state index in [2.05, 4.69) is 47.0 Å². The van der Waals surface area contributed by atoms with Crippen LogP contribution in [0.4, 0.5) is 0 Å². The van der Waals surface area contributed by atoms with Gasteiger partial charge in [-0.3, -0.25) is 38.4 Å². The van der Waals surface area contributed by atoms with Crippen molar-refractivity contribution < 1.29 is 72.3 Å². The first-order chi connectivity index (χ1) is 46.6. The molecule has 3 aromatic rings. The van der Waals surface area contributed by atoms with E-state index in [9.17, 15) is 33.9 Å². The van der Waals surface area contributed by atoms with Gasteiger partial charge in [-0.1, -0.05) is 171 Å². The Hall–Kier alpha value is -6.53. The third-order valence-electron chi connectivity index (χ3n) is 20.1. The molecule has 5 saturated heterocycles. The van der Waals surface area contributed by atoms with Gasteiger partial charge in [0.15, 0.2) is 24.2 Å². The summed E-state index contributed by atoms with van der Waals surface area (Å²) in [7, 11) is 0. The molecule has 22 nitrogen and oxygen atoms in total. The fourth-order valence-electron chi connectivity index (χ4n) is 14.4. The first-order valence-corrected chi connectivity index (χ1v) is 36.1. The van der Waals surface area contributed by atoms with Gasteiger partial charge in [-0.15, -0.1) is 0 Å². The van der Waals surface area contributed by atoms with Gasteiger partial charge in [0.1, 0.15) is 43.7 Å². The SMILES string of the molecule is CCCCCCCCCCCCCCCC(=O)N(CCCC[C@H](NC(=O)[C@@H]1COC(c2ccccc2O)=N1)C(=O)NC[C@H](NC(=O)CCCOC1O[C@@H]2O[C@@]3(C)CC[C@H]4[C@H](C)CC[C@@H]([C@H]1C)[C@@]24OO3)C(=O)N[C@H]1CCCCN(OCc2ccccc2)C1=O)OCc1ccccc1. The summed E-state index contributed by atoms with van der Waals surface area (Å²) < 4.78 is 25.3. The molecule has 7 aliphatic rings. The maximum atomic E-state index is 14.7. The Morgan fingerprint density at radius 1 is 0.729 bits per heavy atom. The number of amides is 6. The minimum absolute atomic E-state index is 0.0427. The molecule has 3 aromatic carbocycles. The lowest BCUT2D eigenvalue weighted by Crippen LogP contribution is -2.70. The number of carbonyl (C=O) groups excluding carboxylic acids is 6. The van der Waals surface area contributed by atoms with Crippen LogP contribution >= 0.6 is 0 Å². The van der Waals surface area contributed by atoms with Crippen molar-refractivity contribution in [1.82, 2.24) is 31.4 Å². The van der Waals surface area contributed by atoms with Crippen LogP contribution in [0.3, 0.4) is 0 Å². The number of benzene rings is 3. The smallest absolute Gasteiger partial charge is 0.268 e. The Balaban J connectivity index is 0.844. The summed E-state index contributed by atoms with van der Waals surface area (Å²) in [6, 6.07) is 20.9. The Bertz CT molecular complexity index is 2980. The minimum Gasteiger partial charge on any atom is -0.507 e. The van der Waals surface area contributed by atoms with E-state index in [-0.39, 0.29) is 87.5 Å². The number of phenols is 1. The average molecular weight is 1330 g/mol. The second-order valence-corrected chi connectivity index (χ2v) is 27.5. The molecule has 1 unspecified atom stereocenters. The van der Waals surface area contributed by atoms with Crippen LogP contribution in [0, 0.1) is 23.7 Å². The predicted octanol–water partition coefficient (Wildman–Crippen LogP) is 10.9. The Morgan fingerprint density at radius 2 is 1.42 bits per heavy atom. The van der Waals surface area contributed by atoms with E-state index in [1.54, 1.807) is 18.2 Å². The van der Waals surface area contributed by atoms with Crippen LogP contribution in [0.5, 0.6) is 5.75 Å². The minimum atomic E-state index is -1.38. The van der Waals surface area contributed by atoms with Crippen LogP contribution in [0.15, 0.2) is 89.9 Å². The van der Waals surface area contributed by atoms with E-state index in [4.69, 9.17) is 38.4 Å². The van der Waals surface area contributed by atoms with Gasteiger partial charge in [0.25, 0.3) is 5.91 Å². The van der Waals surface area contributed by atoms with Gasteiger partial charge in [0.05, 0.1) is 12.2 Å². The number of nitrogens with zero attached hydrogens (tertiary/aromatic N) is 3. The van der Waals surface area contributed by atoms with Crippen LogP contribution < -0.4 is 21.3 Å². The van der Waals surface area contributed by atoms with Crippen LogP contribution in [0.2, 0.25) is 0 Å². The second kappa shape index (κ2) is 37.4. The number of rotatable bonds is 39. The lowest BCUT2D eigenvalue weighted by Gasteiger charge is -2.60. The van der Waals surface area contributed by atoms with Gasteiger partial charge in [0.2, 0.25) is 41.2 Å². The lowest BCUT2D eigenvalue weighted by atomic mass is 9.58. The second-order valence-electron chi connectivity index (χ2n) is 27.5. The zero-order chi connectivity index (χ0) is 67.7. The molecule has 22 heteroatoms. The molecule has 0 aromatic heterocycles. The molecule has 6 aliphatic heterocycles. The lowest BCUT2D eigenvalue weighted by molar-refractivity contribution is -0.577. The Labute approximate surface area is 567 Å². The number of ether oxygens (including phenoxy) is 4. The summed E-state index contributed by atoms with van der Waals surface area (Å²) in [6.07, 6.45) is 20.5. The first kappa shape index (κ1) is 73.7. The summed E-state index contributed by atoms with van der Waals surface area (Å²) >= 11 is 0. The zero-order valence-electron chi connectivity index (χ0n) is 57.2. The molecule has 12 atom stereocenters. The monoisotopic (exact) mass is 1330 g/mol. The third kappa shape index (κ3) is 20.8. The molecule has 528 valence electrons. The fourth-order valence-corrected chi connectivity index (χ4v) is 14.4. The maximum absolute atomic E-state index is 14.7. The summed E-state index contributed by atoms with van der Waals surface area (Å²) in [5.74, 6) is -3.50. The fraction of sp³-hybridized carbons (Fsp3) is 0.662. The number of hydrogen-bond donors (Lipinski definition) is 5. The molecular formula is C74H107N7O15. The normalized spacial score (nSPS) is 25.9. The van der Waals surface area contributed by atoms with E-state index >= 15 is 0 Å². The number of para-hydroxylation sites is 1. The van der Waals surface area contributed by atoms with E-state index in [0.717, 1.165) is 56.1 Å². The van der Waals surface area contributed by atoms with Crippen LogP contribution in [-0.2, 0) is 80.4 Å². The summed E-state index contributed by atoms with van der Waals surface area (Å²) in [5, 5.41) is 24.7. The van der Waals surface area contributed by atoms with Gasteiger partial charge >= 0.3 is 0 Å². The quantitative estimate of drug-likeness (QED) is 0.0202. The van der Waals surface area contributed by atoms with Crippen molar-refractivity contribution >= 4 is 41.3 Å². The highest BCUT2D eigenvalue weighted by Gasteiger charge is 2.69. The third-order valence-corrected chi connectivity index (χ3v) is 20.1. The molecule has 10 rings (SSSR count).